The number of alkyl halides is 1. The van der Waals surface area contributed by atoms with Gasteiger partial charge in [0.2, 0.25) is 10.0 Å². The third-order valence-electron chi connectivity index (χ3n) is 2.97. The van der Waals surface area contributed by atoms with Crippen LogP contribution in [0.5, 0.6) is 0 Å². The van der Waals surface area contributed by atoms with E-state index < -0.39 is 10.0 Å². The van der Waals surface area contributed by atoms with Gasteiger partial charge in [-0.25, -0.2) is 8.42 Å². The lowest BCUT2D eigenvalue weighted by atomic mass is 9.93. The Labute approximate surface area is 114 Å². The molecule has 0 aromatic carbocycles. The predicted octanol–water partition coefficient (Wildman–Crippen LogP) is 3.00. The molecule has 102 valence electrons. The van der Waals surface area contributed by atoms with Crippen LogP contribution in [-0.4, -0.2) is 36.4 Å². The summed E-state index contributed by atoms with van der Waals surface area (Å²) in [5, 5.41) is 0.862. The lowest BCUT2D eigenvalue weighted by Gasteiger charge is -2.37. The summed E-state index contributed by atoms with van der Waals surface area (Å²) in [6, 6.07) is 0.265. The highest BCUT2D eigenvalue weighted by molar-refractivity contribution is 9.09. The molecule has 17 heavy (non-hydrogen) atoms. The van der Waals surface area contributed by atoms with Crippen molar-refractivity contribution < 1.29 is 8.42 Å². The van der Waals surface area contributed by atoms with Crippen LogP contribution < -0.4 is 0 Å². The third-order valence-corrected chi connectivity index (χ3v) is 5.95. The highest BCUT2D eigenvalue weighted by Gasteiger charge is 2.35. The first-order valence-electron chi connectivity index (χ1n) is 6.32. The number of rotatable bonds is 6. The number of nitrogens with zero attached hydrogens (tertiary/aromatic N) is 1. The van der Waals surface area contributed by atoms with E-state index in [1.165, 1.54) is 6.42 Å². The predicted molar refractivity (Wildman–Crippen MR) is 76.0 cm³/mol. The standard InChI is InChI=1S/C12H24BrNO2S/c1-12(2,3)10-17(15,16)14(9-5-8-13)11-6-4-7-11/h11H,4-10H2,1-3H3. The van der Waals surface area contributed by atoms with E-state index in [9.17, 15) is 8.42 Å². The molecule has 0 aliphatic heterocycles. The fourth-order valence-electron chi connectivity index (χ4n) is 2.07. The maximum absolute atomic E-state index is 12.4. The van der Waals surface area contributed by atoms with E-state index in [1.54, 1.807) is 4.31 Å². The molecule has 0 heterocycles. The molecule has 0 saturated heterocycles. The molecule has 0 aromatic heterocycles. The Hall–Kier alpha value is 0.390. The van der Waals surface area contributed by atoms with Gasteiger partial charge in [-0.05, 0) is 24.7 Å². The molecule has 1 aliphatic rings. The van der Waals surface area contributed by atoms with Crippen LogP contribution in [0.15, 0.2) is 0 Å². The lowest BCUT2D eigenvalue weighted by Crippen LogP contribution is -2.47. The van der Waals surface area contributed by atoms with Crippen molar-refractivity contribution in [1.82, 2.24) is 4.31 Å². The Kier molecular flexibility index (Phi) is 5.47. The van der Waals surface area contributed by atoms with Crippen molar-refractivity contribution in [2.24, 2.45) is 5.41 Å². The molecule has 1 saturated carbocycles. The van der Waals surface area contributed by atoms with Crippen LogP contribution in [0.2, 0.25) is 0 Å². The molecule has 0 N–H and O–H groups in total. The summed E-state index contributed by atoms with van der Waals surface area (Å²) in [7, 11) is -3.10. The molecule has 0 bridgehead atoms. The fraction of sp³-hybridized carbons (Fsp3) is 1.00. The molecule has 0 radical (unpaired) electrons. The lowest BCUT2D eigenvalue weighted by molar-refractivity contribution is 0.217. The largest absolute Gasteiger partial charge is 0.214 e. The van der Waals surface area contributed by atoms with Crippen molar-refractivity contribution in [3.05, 3.63) is 0 Å². The zero-order chi connectivity index (χ0) is 13.1. The smallest absolute Gasteiger partial charge is 0.212 e. The highest BCUT2D eigenvalue weighted by Crippen LogP contribution is 2.29. The first-order valence-corrected chi connectivity index (χ1v) is 9.05. The van der Waals surface area contributed by atoms with Crippen LogP contribution in [0.3, 0.4) is 0 Å². The average molecular weight is 326 g/mol. The second-order valence-electron chi connectivity index (χ2n) is 6.05. The molecule has 0 atom stereocenters. The van der Waals surface area contributed by atoms with Gasteiger partial charge in [0.25, 0.3) is 0 Å². The molecule has 3 nitrogen and oxygen atoms in total. The third kappa shape index (κ3) is 4.87. The topological polar surface area (TPSA) is 37.4 Å². The fourth-order valence-corrected chi connectivity index (χ4v) is 4.65. The minimum atomic E-state index is -3.10. The van der Waals surface area contributed by atoms with Crippen LogP contribution in [0, 0.1) is 5.41 Å². The van der Waals surface area contributed by atoms with E-state index in [0.29, 0.717) is 6.54 Å². The number of hydrogen-bond donors (Lipinski definition) is 0. The maximum Gasteiger partial charge on any atom is 0.214 e. The summed E-state index contributed by atoms with van der Waals surface area (Å²) in [5.41, 5.74) is -0.171. The Morgan fingerprint density at radius 1 is 1.29 bits per heavy atom. The SMILES string of the molecule is CC(C)(C)CS(=O)(=O)N(CCCBr)C1CCC1. The van der Waals surface area contributed by atoms with Crippen LogP contribution >= 0.6 is 15.9 Å². The molecule has 0 aromatic rings. The summed E-state index contributed by atoms with van der Waals surface area (Å²) in [6.45, 7) is 6.60. The quantitative estimate of drug-likeness (QED) is 0.704. The number of hydrogen-bond acceptors (Lipinski definition) is 2. The average Bonchev–Trinajstić information content (AvgIpc) is 2.04. The van der Waals surface area contributed by atoms with Gasteiger partial charge >= 0.3 is 0 Å². The van der Waals surface area contributed by atoms with E-state index in [0.717, 1.165) is 24.6 Å². The molecule has 1 aliphatic carbocycles. The normalized spacial score (nSPS) is 18.4. The zero-order valence-electron chi connectivity index (χ0n) is 11.1. The van der Waals surface area contributed by atoms with Gasteiger partial charge < -0.3 is 0 Å². The minimum Gasteiger partial charge on any atom is -0.212 e. The maximum atomic E-state index is 12.4. The number of halogens is 1. The van der Waals surface area contributed by atoms with E-state index in [1.807, 2.05) is 20.8 Å². The van der Waals surface area contributed by atoms with Gasteiger partial charge in [-0.1, -0.05) is 43.1 Å². The van der Waals surface area contributed by atoms with Crippen molar-refractivity contribution in [2.75, 3.05) is 17.6 Å². The van der Waals surface area contributed by atoms with Crippen molar-refractivity contribution in [1.29, 1.82) is 0 Å². The second-order valence-corrected chi connectivity index (χ2v) is 8.77. The van der Waals surface area contributed by atoms with Crippen LogP contribution in [0.25, 0.3) is 0 Å². The van der Waals surface area contributed by atoms with Gasteiger partial charge in [0.15, 0.2) is 0 Å². The summed E-state index contributed by atoms with van der Waals surface area (Å²) in [5.74, 6) is 0.249. The molecular formula is C12H24BrNO2S. The first-order chi connectivity index (χ1) is 7.76. The van der Waals surface area contributed by atoms with Gasteiger partial charge in [0, 0.05) is 17.9 Å². The van der Waals surface area contributed by atoms with Crippen LogP contribution in [0.1, 0.15) is 46.5 Å². The second kappa shape index (κ2) is 6.02. The summed E-state index contributed by atoms with van der Waals surface area (Å²) < 4.78 is 26.5. The number of sulfonamides is 1. The van der Waals surface area contributed by atoms with Gasteiger partial charge in [-0.15, -0.1) is 0 Å². The van der Waals surface area contributed by atoms with Crippen molar-refractivity contribution in [3.63, 3.8) is 0 Å². The van der Waals surface area contributed by atoms with E-state index in [4.69, 9.17) is 0 Å². The molecule has 5 heteroatoms. The van der Waals surface area contributed by atoms with E-state index in [2.05, 4.69) is 15.9 Å². The van der Waals surface area contributed by atoms with E-state index in [-0.39, 0.29) is 17.2 Å². The molecule has 0 spiro atoms. The zero-order valence-corrected chi connectivity index (χ0v) is 13.5. The van der Waals surface area contributed by atoms with Crippen molar-refractivity contribution in [2.45, 2.75) is 52.5 Å². The summed E-state index contributed by atoms with van der Waals surface area (Å²) in [4.78, 5) is 0. The Morgan fingerprint density at radius 3 is 2.24 bits per heavy atom. The van der Waals surface area contributed by atoms with Gasteiger partial charge in [0.05, 0.1) is 5.75 Å². The highest BCUT2D eigenvalue weighted by atomic mass is 79.9. The van der Waals surface area contributed by atoms with Crippen LogP contribution in [0.4, 0.5) is 0 Å². The van der Waals surface area contributed by atoms with Gasteiger partial charge in [0.1, 0.15) is 0 Å². The Bertz CT molecular complexity index is 331. The minimum absolute atomic E-state index is 0.171. The van der Waals surface area contributed by atoms with Crippen molar-refractivity contribution >= 4 is 26.0 Å². The molecule has 0 unspecified atom stereocenters. The van der Waals surface area contributed by atoms with Crippen LogP contribution in [-0.2, 0) is 10.0 Å². The molecule has 1 fully saturated rings. The molecule has 1 rings (SSSR count). The summed E-state index contributed by atoms with van der Waals surface area (Å²) in [6.07, 6.45) is 4.12. The van der Waals surface area contributed by atoms with Crippen molar-refractivity contribution in [3.8, 4) is 0 Å². The monoisotopic (exact) mass is 325 g/mol. The van der Waals surface area contributed by atoms with Gasteiger partial charge in [-0.2, -0.15) is 4.31 Å². The Morgan fingerprint density at radius 2 is 1.88 bits per heavy atom. The molecule has 0 amide bonds. The Balaban J connectivity index is 2.73. The first kappa shape index (κ1) is 15.4. The summed E-state index contributed by atoms with van der Waals surface area (Å²) >= 11 is 3.37. The van der Waals surface area contributed by atoms with E-state index >= 15 is 0 Å². The van der Waals surface area contributed by atoms with Gasteiger partial charge in [-0.3, -0.25) is 0 Å². The molecular weight excluding hydrogens is 302 g/mol.